The molecule has 5 nitrogen and oxygen atoms in total. The highest BCUT2D eigenvalue weighted by molar-refractivity contribution is 5.64. The van der Waals surface area contributed by atoms with Gasteiger partial charge in [0.05, 0.1) is 6.54 Å². The van der Waals surface area contributed by atoms with E-state index >= 15 is 0 Å². The molecule has 0 aliphatic rings. The first-order chi connectivity index (χ1) is 10.9. The van der Waals surface area contributed by atoms with Crippen LogP contribution in [0.1, 0.15) is 5.56 Å². The zero-order valence-corrected chi connectivity index (χ0v) is 12.3. The maximum atomic E-state index is 5.54. The van der Waals surface area contributed by atoms with Gasteiger partial charge in [0.1, 0.15) is 5.69 Å². The highest BCUT2D eigenvalue weighted by Crippen LogP contribution is 2.28. The Bertz CT molecular complexity index is 711. The average molecular weight is 295 g/mol. The van der Waals surface area contributed by atoms with Crippen molar-refractivity contribution >= 4 is 0 Å². The van der Waals surface area contributed by atoms with Gasteiger partial charge in [-0.3, -0.25) is 0 Å². The number of nitrogens with zero attached hydrogens (tertiary/aromatic N) is 3. The van der Waals surface area contributed by atoms with Crippen LogP contribution in [-0.2, 0) is 11.3 Å². The smallest absolute Gasteiger partial charge is 0.263 e. The second kappa shape index (κ2) is 6.87. The van der Waals surface area contributed by atoms with Gasteiger partial charge in [-0.15, -0.1) is 0 Å². The van der Waals surface area contributed by atoms with E-state index < -0.39 is 0 Å². The first kappa shape index (κ1) is 14.3. The van der Waals surface area contributed by atoms with E-state index in [0.29, 0.717) is 12.4 Å². The van der Waals surface area contributed by atoms with Crippen LogP contribution in [0.4, 0.5) is 0 Å². The molecule has 0 saturated heterocycles. The van der Waals surface area contributed by atoms with Gasteiger partial charge in [0.25, 0.3) is 5.88 Å². The van der Waals surface area contributed by atoms with E-state index in [1.165, 1.54) is 0 Å². The Kier molecular flexibility index (Phi) is 4.46. The molecule has 112 valence electrons. The number of hydrogen-bond donors (Lipinski definition) is 0. The van der Waals surface area contributed by atoms with Crippen LogP contribution in [-0.4, -0.2) is 28.9 Å². The first-order valence-electron chi connectivity index (χ1n) is 7.03. The highest BCUT2D eigenvalue weighted by Gasteiger charge is 2.16. The molecule has 0 atom stereocenters. The number of aromatic nitrogens is 3. The Labute approximate surface area is 129 Å². The maximum Gasteiger partial charge on any atom is 0.263 e. The molecule has 0 aliphatic carbocycles. The normalized spacial score (nSPS) is 10.6. The number of benzene rings is 2. The fraction of sp³-hybridized carbons (Fsp3) is 0.176. The molecule has 0 unspecified atom stereocenters. The summed E-state index contributed by atoms with van der Waals surface area (Å²) >= 11 is 0. The fourth-order valence-corrected chi connectivity index (χ4v) is 2.24. The molecule has 22 heavy (non-hydrogen) atoms. The summed E-state index contributed by atoms with van der Waals surface area (Å²) in [5, 5.41) is 8.36. The topological polar surface area (TPSA) is 49.2 Å². The molecule has 2 aromatic carbocycles. The van der Waals surface area contributed by atoms with Crippen LogP contribution in [0.5, 0.6) is 5.88 Å². The molecule has 3 rings (SSSR count). The van der Waals surface area contributed by atoms with E-state index in [-0.39, 0.29) is 6.79 Å². The molecule has 1 aromatic heterocycles. The van der Waals surface area contributed by atoms with E-state index in [9.17, 15) is 0 Å². The average Bonchev–Trinajstić information content (AvgIpc) is 2.97. The lowest BCUT2D eigenvalue weighted by atomic mass is 10.1. The number of hydrogen-bond acceptors (Lipinski definition) is 4. The number of methoxy groups -OCH3 is 1. The molecule has 3 aromatic rings. The number of ether oxygens (including phenoxy) is 2. The van der Waals surface area contributed by atoms with Crippen LogP contribution in [0.25, 0.3) is 11.3 Å². The summed E-state index contributed by atoms with van der Waals surface area (Å²) in [6.07, 6.45) is 0. The first-order valence-corrected chi connectivity index (χ1v) is 7.03. The Morgan fingerprint density at radius 3 is 2.32 bits per heavy atom. The Hall–Kier alpha value is -2.66. The van der Waals surface area contributed by atoms with Crippen molar-refractivity contribution in [1.82, 2.24) is 15.0 Å². The molecule has 5 heteroatoms. The molecule has 0 fully saturated rings. The molecule has 0 saturated carbocycles. The van der Waals surface area contributed by atoms with Gasteiger partial charge in [0, 0.05) is 12.7 Å². The van der Waals surface area contributed by atoms with Gasteiger partial charge >= 0.3 is 0 Å². The second-order valence-corrected chi connectivity index (χ2v) is 4.80. The third kappa shape index (κ3) is 3.15. The van der Waals surface area contributed by atoms with E-state index in [0.717, 1.165) is 16.8 Å². The molecule has 0 amide bonds. The summed E-state index contributed by atoms with van der Waals surface area (Å²) in [5.41, 5.74) is 3.01. The quantitative estimate of drug-likeness (QED) is 0.656. The monoisotopic (exact) mass is 295 g/mol. The van der Waals surface area contributed by atoms with Crippen molar-refractivity contribution in [3.63, 3.8) is 0 Å². The summed E-state index contributed by atoms with van der Waals surface area (Å²) in [4.78, 5) is 0. The van der Waals surface area contributed by atoms with E-state index in [2.05, 4.69) is 22.4 Å². The summed E-state index contributed by atoms with van der Waals surface area (Å²) in [6, 6.07) is 20.1. The fourth-order valence-electron chi connectivity index (χ4n) is 2.24. The largest absolute Gasteiger partial charge is 0.448 e. The van der Waals surface area contributed by atoms with Crippen LogP contribution in [0.15, 0.2) is 60.7 Å². The van der Waals surface area contributed by atoms with Gasteiger partial charge in [-0.05, 0) is 5.56 Å². The molecule has 1 heterocycles. The van der Waals surface area contributed by atoms with Crippen LogP contribution >= 0.6 is 0 Å². The summed E-state index contributed by atoms with van der Waals surface area (Å²) in [5.74, 6) is 0.476. The van der Waals surface area contributed by atoms with Gasteiger partial charge in [-0.2, -0.15) is 0 Å². The predicted octanol–water partition coefficient (Wildman–Crippen LogP) is 2.98. The SMILES string of the molecule is COCOc1nnn(Cc2ccccc2)c1-c1ccccc1. The van der Waals surface area contributed by atoms with E-state index in [4.69, 9.17) is 9.47 Å². The van der Waals surface area contributed by atoms with Crippen molar-refractivity contribution in [3.8, 4) is 17.1 Å². The van der Waals surface area contributed by atoms with Crippen molar-refractivity contribution in [3.05, 3.63) is 66.2 Å². The Morgan fingerprint density at radius 2 is 1.64 bits per heavy atom. The molecular formula is C17H17N3O2. The third-order valence-electron chi connectivity index (χ3n) is 3.24. The molecular weight excluding hydrogens is 278 g/mol. The molecule has 0 spiro atoms. The van der Waals surface area contributed by atoms with Crippen molar-refractivity contribution in [2.24, 2.45) is 0 Å². The molecule has 0 N–H and O–H groups in total. The van der Waals surface area contributed by atoms with Gasteiger partial charge in [-0.1, -0.05) is 71.0 Å². The zero-order valence-electron chi connectivity index (χ0n) is 12.3. The minimum absolute atomic E-state index is 0.143. The second-order valence-electron chi connectivity index (χ2n) is 4.80. The summed E-state index contributed by atoms with van der Waals surface area (Å²) in [7, 11) is 1.58. The van der Waals surface area contributed by atoms with E-state index in [1.54, 1.807) is 7.11 Å². The summed E-state index contributed by atoms with van der Waals surface area (Å²) < 4.78 is 12.4. The van der Waals surface area contributed by atoms with Crippen molar-refractivity contribution in [2.45, 2.75) is 6.54 Å². The Balaban J connectivity index is 1.97. The van der Waals surface area contributed by atoms with Crippen molar-refractivity contribution in [1.29, 1.82) is 0 Å². The van der Waals surface area contributed by atoms with Gasteiger partial charge < -0.3 is 9.47 Å². The standard InChI is InChI=1S/C17H17N3O2/c1-21-13-22-17-16(15-10-6-3-7-11-15)20(19-18-17)12-14-8-4-2-5-9-14/h2-11H,12-13H2,1H3. The zero-order chi connectivity index (χ0) is 15.2. The molecule has 0 aliphatic heterocycles. The lowest BCUT2D eigenvalue weighted by Crippen LogP contribution is -2.05. The lowest BCUT2D eigenvalue weighted by molar-refractivity contribution is 0.0481. The van der Waals surface area contributed by atoms with Crippen LogP contribution in [0, 0.1) is 0 Å². The highest BCUT2D eigenvalue weighted by atomic mass is 16.7. The minimum atomic E-state index is 0.143. The predicted molar refractivity (Wildman–Crippen MR) is 83.5 cm³/mol. The van der Waals surface area contributed by atoms with Crippen molar-refractivity contribution in [2.75, 3.05) is 13.9 Å². The van der Waals surface area contributed by atoms with Crippen LogP contribution in [0.2, 0.25) is 0 Å². The van der Waals surface area contributed by atoms with Gasteiger partial charge in [0.15, 0.2) is 6.79 Å². The third-order valence-corrected chi connectivity index (χ3v) is 3.24. The van der Waals surface area contributed by atoms with Crippen LogP contribution in [0.3, 0.4) is 0 Å². The Morgan fingerprint density at radius 1 is 0.955 bits per heavy atom. The van der Waals surface area contributed by atoms with Crippen molar-refractivity contribution < 1.29 is 9.47 Å². The van der Waals surface area contributed by atoms with Gasteiger partial charge in [-0.25, -0.2) is 4.68 Å². The lowest BCUT2D eigenvalue weighted by Gasteiger charge is -2.09. The van der Waals surface area contributed by atoms with Crippen LogP contribution < -0.4 is 4.74 Å². The molecule has 0 radical (unpaired) electrons. The minimum Gasteiger partial charge on any atom is -0.448 e. The molecule has 0 bridgehead atoms. The van der Waals surface area contributed by atoms with E-state index in [1.807, 2.05) is 53.2 Å². The number of rotatable bonds is 6. The van der Waals surface area contributed by atoms with Gasteiger partial charge in [0.2, 0.25) is 0 Å². The maximum absolute atomic E-state index is 5.54. The summed E-state index contributed by atoms with van der Waals surface area (Å²) in [6.45, 7) is 0.776.